The van der Waals surface area contributed by atoms with Crippen LogP contribution in [0.2, 0.25) is 0 Å². The molecule has 0 aromatic carbocycles. The minimum Gasteiger partial charge on any atom is -0.350 e. The van der Waals surface area contributed by atoms with Gasteiger partial charge >= 0.3 is 0 Å². The van der Waals surface area contributed by atoms with Crippen LogP contribution in [0.5, 0.6) is 0 Å². The molecule has 3 heterocycles. The van der Waals surface area contributed by atoms with E-state index in [1.807, 2.05) is 16.8 Å². The van der Waals surface area contributed by atoms with Crippen molar-refractivity contribution in [3.63, 3.8) is 0 Å². The standard InChI is InChI=1S/C15H21N5OS/c1-10-11(2)22-15-13(10)14(17-9-18-15)19(3)8-12(21)20-6-4-16-5-7-20/h9,16H,4-8H2,1-3H3. The zero-order valence-electron chi connectivity index (χ0n) is 13.2. The summed E-state index contributed by atoms with van der Waals surface area (Å²) in [6.07, 6.45) is 1.58. The van der Waals surface area contributed by atoms with E-state index in [-0.39, 0.29) is 5.91 Å². The molecular formula is C15H21N5OS. The lowest BCUT2D eigenvalue weighted by molar-refractivity contribution is -0.130. The molecule has 6 nitrogen and oxygen atoms in total. The lowest BCUT2D eigenvalue weighted by Crippen LogP contribution is -2.49. The first-order chi connectivity index (χ1) is 10.6. The predicted molar refractivity (Wildman–Crippen MR) is 89.6 cm³/mol. The quantitative estimate of drug-likeness (QED) is 0.920. The first kappa shape index (κ1) is 15.2. The molecule has 118 valence electrons. The van der Waals surface area contributed by atoms with Gasteiger partial charge in [0.2, 0.25) is 5.91 Å². The number of thiophene rings is 1. The van der Waals surface area contributed by atoms with Gasteiger partial charge < -0.3 is 15.1 Å². The van der Waals surface area contributed by atoms with E-state index in [1.165, 1.54) is 10.4 Å². The summed E-state index contributed by atoms with van der Waals surface area (Å²) in [5, 5.41) is 4.33. The molecule has 0 radical (unpaired) electrons. The highest BCUT2D eigenvalue weighted by atomic mass is 32.1. The van der Waals surface area contributed by atoms with Gasteiger partial charge in [-0.2, -0.15) is 0 Å². The largest absolute Gasteiger partial charge is 0.350 e. The van der Waals surface area contributed by atoms with E-state index in [0.717, 1.165) is 42.2 Å². The minimum absolute atomic E-state index is 0.153. The summed E-state index contributed by atoms with van der Waals surface area (Å²) in [7, 11) is 1.92. The number of fused-ring (bicyclic) bond motifs is 1. The van der Waals surface area contributed by atoms with Crippen LogP contribution in [-0.2, 0) is 4.79 Å². The lowest BCUT2D eigenvalue weighted by atomic mass is 10.2. The summed E-state index contributed by atoms with van der Waals surface area (Å²) in [6.45, 7) is 7.84. The highest BCUT2D eigenvalue weighted by Crippen LogP contribution is 2.33. The lowest BCUT2D eigenvalue weighted by Gasteiger charge is -2.29. The molecule has 2 aromatic rings. The van der Waals surface area contributed by atoms with Crippen LogP contribution in [0.4, 0.5) is 5.82 Å². The number of piperazine rings is 1. The Labute approximate surface area is 134 Å². The number of nitrogens with zero attached hydrogens (tertiary/aromatic N) is 4. The van der Waals surface area contributed by atoms with Crippen LogP contribution in [0.3, 0.4) is 0 Å². The third-order valence-corrected chi connectivity index (χ3v) is 5.26. The Morgan fingerprint density at radius 3 is 2.82 bits per heavy atom. The van der Waals surface area contributed by atoms with Crippen LogP contribution >= 0.6 is 11.3 Å². The molecule has 0 atom stereocenters. The summed E-state index contributed by atoms with van der Waals surface area (Å²) >= 11 is 1.68. The number of anilines is 1. The number of aromatic nitrogens is 2. The fourth-order valence-corrected chi connectivity index (χ4v) is 3.74. The van der Waals surface area contributed by atoms with Gasteiger partial charge in [0.1, 0.15) is 17.0 Å². The number of likely N-dealkylation sites (N-methyl/N-ethyl adjacent to an activating group) is 1. The van der Waals surface area contributed by atoms with Crippen LogP contribution in [0.15, 0.2) is 6.33 Å². The van der Waals surface area contributed by atoms with Crippen molar-refractivity contribution in [3.8, 4) is 0 Å². The Morgan fingerprint density at radius 1 is 1.36 bits per heavy atom. The Bertz CT molecular complexity index is 693. The van der Waals surface area contributed by atoms with Crippen molar-refractivity contribution in [3.05, 3.63) is 16.8 Å². The molecule has 0 unspecified atom stereocenters. The van der Waals surface area contributed by atoms with E-state index >= 15 is 0 Å². The molecular weight excluding hydrogens is 298 g/mol. The molecule has 7 heteroatoms. The number of nitrogens with one attached hydrogen (secondary N) is 1. The minimum atomic E-state index is 0.153. The van der Waals surface area contributed by atoms with Crippen molar-refractivity contribution in [1.82, 2.24) is 20.2 Å². The number of aryl methyl sites for hydroxylation is 2. The molecule has 1 aliphatic heterocycles. The second kappa shape index (κ2) is 6.18. The second-order valence-corrected chi connectivity index (χ2v) is 6.85. The van der Waals surface area contributed by atoms with Gasteiger partial charge in [0.25, 0.3) is 0 Å². The Morgan fingerprint density at radius 2 is 2.09 bits per heavy atom. The van der Waals surface area contributed by atoms with E-state index in [1.54, 1.807) is 17.7 Å². The fraction of sp³-hybridized carbons (Fsp3) is 0.533. The summed E-state index contributed by atoms with van der Waals surface area (Å²) in [4.78, 5) is 27.3. The Balaban J connectivity index is 1.83. The van der Waals surface area contributed by atoms with Crippen molar-refractivity contribution in [2.75, 3.05) is 44.7 Å². The highest BCUT2D eigenvalue weighted by molar-refractivity contribution is 7.18. The summed E-state index contributed by atoms with van der Waals surface area (Å²) < 4.78 is 0. The summed E-state index contributed by atoms with van der Waals surface area (Å²) in [5.41, 5.74) is 1.21. The van der Waals surface area contributed by atoms with Crippen molar-refractivity contribution < 1.29 is 4.79 Å². The third-order valence-electron chi connectivity index (χ3n) is 4.15. The van der Waals surface area contributed by atoms with Crippen molar-refractivity contribution in [2.45, 2.75) is 13.8 Å². The van der Waals surface area contributed by atoms with Gasteiger partial charge in [-0.05, 0) is 19.4 Å². The first-order valence-electron chi connectivity index (χ1n) is 7.48. The number of amides is 1. The fourth-order valence-electron chi connectivity index (χ4n) is 2.75. The van der Waals surface area contributed by atoms with E-state index in [9.17, 15) is 4.79 Å². The summed E-state index contributed by atoms with van der Waals surface area (Å²) in [5.74, 6) is 0.996. The molecule has 1 aliphatic rings. The van der Waals surface area contributed by atoms with E-state index < -0.39 is 0 Å². The van der Waals surface area contributed by atoms with Crippen LogP contribution in [0.1, 0.15) is 10.4 Å². The molecule has 1 amide bonds. The molecule has 22 heavy (non-hydrogen) atoms. The molecule has 1 N–H and O–H groups in total. The zero-order valence-corrected chi connectivity index (χ0v) is 14.0. The van der Waals surface area contributed by atoms with Gasteiger partial charge in [-0.25, -0.2) is 9.97 Å². The van der Waals surface area contributed by atoms with Gasteiger partial charge in [-0.3, -0.25) is 4.79 Å². The maximum Gasteiger partial charge on any atom is 0.242 e. The molecule has 3 rings (SSSR count). The van der Waals surface area contributed by atoms with Gasteiger partial charge in [-0.15, -0.1) is 11.3 Å². The maximum atomic E-state index is 12.4. The molecule has 0 aliphatic carbocycles. The number of hydrogen-bond donors (Lipinski definition) is 1. The SMILES string of the molecule is Cc1sc2ncnc(N(C)CC(=O)N3CCNCC3)c2c1C. The third kappa shape index (κ3) is 2.78. The van der Waals surface area contributed by atoms with Gasteiger partial charge in [0.15, 0.2) is 0 Å². The molecule has 1 saturated heterocycles. The van der Waals surface area contributed by atoms with Crippen molar-refractivity contribution in [1.29, 1.82) is 0 Å². The molecule has 0 bridgehead atoms. The number of rotatable bonds is 3. The van der Waals surface area contributed by atoms with Crippen molar-refractivity contribution in [2.24, 2.45) is 0 Å². The molecule has 2 aromatic heterocycles. The Kier molecular flexibility index (Phi) is 4.26. The average molecular weight is 319 g/mol. The van der Waals surface area contributed by atoms with Crippen molar-refractivity contribution >= 4 is 33.3 Å². The van der Waals surface area contributed by atoms with Gasteiger partial charge in [0, 0.05) is 38.1 Å². The van der Waals surface area contributed by atoms with E-state index in [0.29, 0.717) is 6.54 Å². The average Bonchev–Trinajstić information content (AvgIpc) is 2.83. The normalized spacial score (nSPS) is 15.3. The molecule has 0 spiro atoms. The highest BCUT2D eigenvalue weighted by Gasteiger charge is 2.20. The smallest absolute Gasteiger partial charge is 0.242 e. The van der Waals surface area contributed by atoms with Crippen LogP contribution in [0, 0.1) is 13.8 Å². The second-order valence-electron chi connectivity index (χ2n) is 5.65. The van der Waals surface area contributed by atoms with E-state index in [2.05, 4.69) is 29.1 Å². The number of carbonyl (C=O) groups excluding carboxylic acids is 1. The van der Waals surface area contributed by atoms with Gasteiger partial charge in [0.05, 0.1) is 11.9 Å². The topological polar surface area (TPSA) is 61.4 Å². The van der Waals surface area contributed by atoms with Crippen LogP contribution in [0.25, 0.3) is 10.2 Å². The Hall–Kier alpha value is -1.73. The summed E-state index contributed by atoms with van der Waals surface area (Å²) in [6, 6.07) is 0. The zero-order chi connectivity index (χ0) is 15.7. The van der Waals surface area contributed by atoms with Gasteiger partial charge in [-0.1, -0.05) is 0 Å². The predicted octanol–water partition coefficient (Wildman–Crippen LogP) is 1.18. The first-order valence-corrected chi connectivity index (χ1v) is 8.30. The maximum absolute atomic E-state index is 12.4. The number of carbonyl (C=O) groups is 1. The van der Waals surface area contributed by atoms with E-state index in [4.69, 9.17) is 0 Å². The number of hydrogen-bond acceptors (Lipinski definition) is 6. The molecule has 0 saturated carbocycles. The van der Waals surface area contributed by atoms with Crippen LogP contribution < -0.4 is 10.2 Å². The molecule has 1 fully saturated rings. The van der Waals surface area contributed by atoms with Crippen LogP contribution in [-0.4, -0.2) is 60.5 Å². The monoisotopic (exact) mass is 319 g/mol.